The fraction of sp³-hybridized carbons (Fsp3) is 0.444. The Hall–Kier alpha value is -1.83. The van der Waals surface area contributed by atoms with Gasteiger partial charge in [0.2, 0.25) is 11.7 Å². The Morgan fingerprint density at radius 3 is 3.14 bits per heavy atom. The van der Waals surface area contributed by atoms with Gasteiger partial charge in [-0.25, -0.2) is 4.98 Å². The molecule has 0 aliphatic carbocycles. The van der Waals surface area contributed by atoms with Crippen LogP contribution in [0.15, 0.2) is 12.4 Å². The first-order chi connectivity index (χ1) is 6.70. The van der Waals surface area contributed by atoms with E-state index in [9.17, 15) is 4.79 Å². The predicted molar refractivity (Wildman–Crippen MR) is 50.3 cm³/mol. The number of nitriles is 1. The fourth-order valence-corrected chi connectivity index (χ4v) is 1.16. The Morgan fingerprint density at radius 1 is 1.86 bits per heavy atom. The standard InChI is InChI=1S/C9H12N4O/c1-3-11-9(14)7(2)13-5-4-12-8(13)6-10/h4-5,7H,3H2,1-2H3,(H,11,14). The molecule has 0 aliphatic rings. The van der Waals surface area contributed by atoms with E-state index >= 15 is 0 Å². The van der Waals surface area contributed by atoms with Crippen molar-refractivity contribution in [3.8, 4) is 6.07 Å². The Labute approximate surface area is 82.4 Å². The van der Waals surface area contributed by atoms with Crippen LogP contribution in [0.5, 0.6) is 0 Å². The van der Waals surface area contributed by atoms with Crippen molar-refractivity contribution in [3.63, 3.8) is 0 Å². The number of rotatable bonds is 3. The highest BCUT2D eigenvalue weighted by Gasteiger charge is 2.16. The quantitative estimate of drug-likeness (QED) is 0.755. The summed E-state index contributed by atoms with van der Waals surface area (Å²) in [6.07, 6.45) is 3.13. The fourth-order valence-electron chi connectivity index (χ4n) is 1.16. The molecular formula is C9H12N4O. The highest BCUT2D eigenvalue weighted by atomic mass is 16.2. The van der Waals surface area contributed by atoms with Gasteiger partial charge >= 0.3 is 0 Å². The molecule has 74 valence electrons. The van der Waals surface area contributed by atoms with Gasteiger partial charge in [0, 0.05) is 18.9 Å². The van der Waals surface area contributed by atoms with Crippen molar-refractivity contribution < 1.29 is 4.79 Å². The minimum atomic E-state index is -0.396. The van der Waals surface area contributed by atoms with E-state index in [1.165, 1.54) is 6.20 Å². The Kier molecular flexibility index (Phi) is 3.24. The molecule has 1 unspecified atom stereocenters. The summed E-state index contributed by atoms with van der Waals surface area (Å²) in [5, 5.41) is 11.4. The van der Waals surface area contributed by atoms with Crippen molar-refractivity contribution in [1.82, 2.24) is 14.9 Å². The number of nitrogens with one attached hydrogen (secondary N) is 1. The van der Waals surface area contributed by atoms with E-state index in [2.05, 4.69) is 10.3 Å². The number of carbonyl (C=O) groups excluding carboxylic acids is 1. The van der Waals surface area contributed by atoms with Crippen LogP contribution < -0.4 is 5.32 Å². The molecule has 0 spiro atoms. The predicted octanol–water partition coefficient (Wildman–Crippen LogP) is 0.452. The number of aromatic nitrogens is 2. The highest BCUT2D eigenvalue weighted by molar-refractivity contribution is 5.79. The normalized spacial score (nSPS) is 11.8. The van der Waals surface area contributed by atoms with Gasteiger partial charge in [0.1, 0.15) is 12.1 Å². The molecular weight excluding hydrogens is 180 g/mol. The molecule has 5 heteroatoms. The van der Waals surface area contributed by atoms with Gasteiger partial charge in [0.05, 0.1) is 0 Å². The third-order valence-corrected chi connectivity index (χ3v) is 1.92. The number of hydrogen-bond acceptors (Lipinski definition) is 3. The lowest BCUT2D eigenvalue weighted by atomic mass is 10.3. The van der Waals surface area contributed by atoms with Gasteiger partial charge in [-0.3, -0.25) is 4.79 Å². The van der Waals surface area contributed by atoms with Crippen LogP contribution in [0, 0.1) is 11.3 Å². The second-order valence-corrected chi connectivity index (χ2v) is 2.84. The van der Waals surface area contributed by atoms with Crippen LogP contribution in [-0.4, -0.2) is 22.0 Å². The third kappa shape index (κ3) is 1.91. The lowest BCUT2D eigenvalue weighted by Crippen LogP contribution is -2.30. The summed E-state index contributed by atoms with van der Waals surface area (Å²) >= 11 is 0. The van der Waals surface area contributed by atoms with E-state index in [0.29, 0.717) is 6.54 Å². The average Bonchev–Trinajstić information content (AvgIpc) is 2.64. The van der Waals surface area contributed by atoms with Crippen LogP contribution >= 0.6 is 0 Å². The summed E-state index contributed by atoms with van der Waals surface area (Å²) in [6.45, 7) is 4.16. The molecule has 1 N–H and O–H groups in total. The average molecular weight is 192 g/mol. The molecule has 1 aromatic rings. The Balaban J connectivity index is 2.84. The molecule has 0 fully saturated rings. The van der Waals surface area contributed by atoms with Crippen LogP contribution in [-0.2, 0) is 4.79 Å². The molecule has 1 amide bonds. The van der Waals surface area contributed by atoms with Crippen LogP contribution in [0.25, 0.3) is 0 Å². The second kappa shape index (κ2) is 4.42. The van der Waals surface area contributed by atoms with E-state index < -0.39 is 6.04 Å². The van der Waals surface area contributed by atoms with Crippen LogP contribution in [0.1, 0.15) is 25.7 Å². The second-order valence-electron chi connectivity index (χ2n) is 2.84. The van der Waals surface area contributed by atoms with Crippen LogP contribution in [0.3, 0.4) is 0 Å². The molecule has 1 rings (SSSR count). The Bertz CT molecular complexity index is 363. The first-order valence-corrected chi connectivity index (χ1v) is 4.41. The molecule has 0 saturated carbocycles. The van der Waals surface area contributed by atoms with E-state index in [0.717, 1.165) is 0 Å². The SMILES string of the molecule is CCNC(=O)C(C)n1ccnc1C#N. The summed E-state index contributed by atoms with van der Waals surface area (Å²) in [4.78, 5) is 15.3. The van der Waals surface area contributed by atoms with Gasteiger partial charge in [-0.2, -0.15) is 5.26 Å². The number of carbonyl (C=O) groups is 1. The van der Waals surface area contributed by atoms with Crippen molar-refractivity contribution in [2.75, 3.05) is 6.54 Å². The minimum absolute atomic E-state index is 0.109. The largest absolute Gasteiger partial charge is 0.355 e. The summed E-state index contributed by atoms with van der Waals surface area (Å²) in [7, 11) is 0. The maximum absolute atomic E-state index is 11.4. The topological polar surface area (TPSA) is 70.7 Å². The number of imidazole rings is 1. The van der Waals surface area contributed by atoms with Crippen molar-refractivity contribution in [1.29, 1.82) is 5.26 Å². The molecule has 1 heterocycles. The van der Waals surface area contributed by atoms with Gasteiger partial charge < -0.3 is 9.88 Å². The monoisotopic (exact) mass is 192 g/mol. The molecule has 14 heavy (non-hydrogen) atoms. The lowest BCUT2D eigenvalue weighted by Gasteiger charge is -2.12. The number of nitrogens with zero attached hydrogens (tertiary/aromatic N) is 3. The zero-order valence-electron chi connectivity index (χ0n) is 8.19. The van der Waals surface area contributed by atoms with Gasteiger partial charge in [0.15, 0.2) is 0 Å². The smallest absolute Gasteiger partial charge is 0.242 e. The molecule has 0 aliphatic heterocycles. The minimum Gasteiger partial charge on any atom is -0.355 e. The van der Waals surface area contributed by atoms with Crippen molar-refractivity contribution in [3.05, 3.63) is 18.2 Å². The first kappa shape index (κ1) is 10.3. The van der Waals surface area contributed by atoms with Gasteiger partial charge in [-0.05, 0) is 13.8 Å². The van der Waals surface area contributed by atoms with Crippen molar-refractivity contribution in [2.24, 2.45) is 0 Å². The number of hydrogen-bond donors (Lipinski definition) is 1. The van der Waals surface area contributed by atoms with Crippen LogP contribution in [0.4, 0.5) is 0 Å². The Morgan fingerprint density at radius 2 is 2.57 bits per heavy atom. The van der Waals surface area contributed by atoms with E-state index in [-0.39, 0.29) is 11.7 Å². The zero-order chi connectivity index (χ0) is 10.6. The van der Waals surface area contributed by atoms with E-state index in [1.807, 2.05) is 13.0 Å². The summed E-state index contributed by atoms with van der Waals surface area (Å²) < 4.78 is 1.55. The molecule has 1 atom stereocenters. The first-order valence-electron chi connectivity index (χ1n) is 4.41. The van der Waals surface area contributed by atoms with Crippen LogP contribution in [0.2, 0.25) is 0 Å². The lowest BCUT2D eigenvalue weighted by molar-refractivity contribution is -0.123. The maximum atomic E-state index is 11.4. The summed E-state index contributed by atoms with van der Waals surface area (Å²) in [6, 6.07) is 1.53. The molecule has 1 aromatic heterocycles. The molecule has 0 radical (unpaired) electrons. The van der Waals surface area contributed by atoms with E-state index in [4.69, 9.17) is 5.26 Å². The van der Waals surface area contributed by atoms with Gasteiger partial charge in [-0.15, -0.1) is 0 Å². The molecule has 0 bridgehead atoms. The van der Waals surface area contributed by atoms with Crippen molar-refractivity contribution in [2.45, 2.75) is 19.9 Å². The molecule has 5 nitrogen and oxygen atoms in total. The number of likely N-dealkylation sites (N-methyl/N-ethyl adjacent to an activating group) is 1. The van der Waals surface area contributed by atoms with Gasteiger partial charge in [-0.1, -0.05) is 0 Å². The van der Waals surface area contributed by atoms with E-state index in [1.54, 1.807) is 17.7 Å². The molecule has 0 aromatic carbocycles. The summed E-state index contributed by atoms with van der Waals surface area (Å²) in [5.74, 6) is 0.144. The maximum Gasteiger partial charge on any atom is 0.242 e. The zero-order valence-corrected chi connectivity index (χ0v) is 8.19. The molecule has 0 saturated heterocycles. The summed E-state index contributed by atoms with van der Waals surface area (Å²) in [5.41, 5.74) is 0. The third-order valence-electron chi connectivity index (χ3n) is 1.92. The number of amides is 1. The van der Waals surface area contributed by atoms with Crippen molar-refractivity contribution >= 4 is 5.91 Å². The highest BCUT2D eigenvalue weighted by Crippen LogP contribution is 2.08. The van der Waals surface area contributed by atoms with Gasteiger partial charge in [0.25, 0.3) is 0 Å².